The summed E-state index contributed by atoms with van der Waals surface area (Å²) in [6.07, 6.45) is 5.85. The molecule has 1 aliphatic heterocycles. The fourth-order valence-electron chi connectivity index (χ4n) is 5.01. The quantitative estimate of drug-likeness (QED) is 0.722. The van der Waals surface area contributed by atoms with E-state index in [0.717, 1.165) is 19.4 Å². The molecule has 5 rings (SSSR count). The van der Waals surface area contributed by atoms with Gasteiger partial charge < -0.3 is 10.3 Å². The molecule has 5 nitrogen and oxygen atoms in total. The lowest BCUT2D eigenvalue weighted by Crippen LogP contribution is -2.54. The Kier molecular flexibility index (Phi) is 4.06. The third-order valence-electron chi connectivity index (χ3n) is 6.20. The van der Waals surface area contributed by atoms with Gasteiger partial charge in [0.15, 0.2) is 5.13 Å². The van der Waals surface area contributed by atoms with E-state index in [0.29, 0.717) is 23.1 Å². The van der Waals surface area contributed by atoms with E-state index in [2.05, 4.69) is 58.4 Å². The molecule has 1 fully saturated rings. The number of aromatic nitrogens is 2. The third-order valence-corrected chi connectivity index (χ3v) is 6.89. The van der Waals surface area contributed by atoms with E-state index in [-0.39, 0.29) is 11.8 Å². The molecule has 2 N–H and O–H groups in total. The number of aromatic amines is 1. The van der Waals surface area contributed by atoms with Crippen molar-refractivity contribution in [2.24, 2.45) is 5.92 Å². The molecule has 2 aliphatic rings. The van der Waals surface area contributed by atoms with Crippen LogP contribution in [0, 0.1) is 5.92 Å². The molecule has 0 spiro atoms. The second-order valence-corrected chi connectivity index (χ2v) is 8.91. The molecule has 3 aromatic rings. The second-order valence-electron chi connectivity index (χ2n) is 8.01. The first-order chi connectivity index (χ1) is 13.1. The lowest BCUT2D eigenvalue weighted by molar-refractivity contribution is -0.123. The van der Waals surface area contributed by atoms with E-state index in [4.69, 9.17) is 0 Å². The Morgan fingerprint density at radius 2 is 2.30 bits per heavy atom. The van der Waals surface area contributed by atoms with Gasteiger partial charge in [-0.15, -0.1) is 11.3 Å². The van der Waals surface area contributed by atoms with Crippen LogP contribution in [0.5, 0.6) is 0 Å². The maximum atomic E-state index is 13.0. The van der Waals surface area contributed by atoms with Crippen LogP contribution < -0.4 is 5.32 Å². The zero-order valence-electron chi connectivity index (χ0n) is 15.6. The van der Waals surface area contributed by atoms with E-state index in [9.17, 15) is 4.79 Å². The molecular formula is C21H24N4OS. The number of piperidine rings is 1. The third kappa shape index (κ3) is 2.78. The Hall–Kier alpha value is -2.18. The number of carbonyl (C=O) groups is 1. The Labute approximate surface area is 162 Å². The standard InChI is InChI=1S/C21H24N4OS/c1-12(2)25-11-14(20(26)24-21-22-6-7-27-21)8-16-15-4-3-5-17-19(15)13(10-23-17)9-18(16)25/h3-7,10,12,14,16,18,23H,8-9,11H2,1-2H3,(H,22,24,26)/t14-,16-,18-/m1/s1. The van der Waals surface area contributed by atoms with Gasteiger partial charge in [0.2, 0.25) is 5.91 Å². The highest BCUT2D eigenvalue weighted by Crippen LogP contribution is 2.45. The van der Waals surface area contributed by atoms with Crippen LogP contribution in [0.25, 0.3) is 10.9 Å². The molecule has 1 aromatic carbocycles. The molecule has 0 radical (unpaired) electrons. The van der Waals surface area contributed by atoms with Gasteiger partial charge in [-0.1, -0.05) is 12.1 Å². The number of H-pyrrole nitrogens is 1. The summed E-state index contributed by atoms with van der Waals surface area (Å²) in [5.74, 6) is 0.467. The number of hydrogen-bond acceptors (Lipinski definition) is 4. The van der Waals surface area contributed by atoms with Gasteiger partial charge in [0.25, 0.3) is 0 Å². The van der Waals surface area contributed by atoms with Crippen LogP contribution in [-0.2, 0) is 11.2 Å². The molecule has 2 aromatic heterocycles. The average molecular weight is 381 g/mol. The van der Waals surface area contributed by atoms with Crippen LogP contribution in [0.1, 0.15) is 37.3 Å². The summed E-state index contributed by atoms with van der Waals surface area (Å²) in [5, 5.41) is 6.98. The molecule has 6 heteroatoms. The van der Waals surface area contributed by atoms with Gasteiger partial charge in [-0.05, 0) is 43.9 Å². The summed E-state index contributed by atoms with van der Waals surface area (Å²) in [6.45, 7) is 5.29. The molecule has 0 saturated carbocycles. The molecule has 0 bridgehead atoms. The maximum Gasteiger partial charge on any atom is 0.230 e. The SMILES string of the molecule is CC(C)N1C[C@H](C(=O)Nc2nccs2)C[C@@H]2c3cccc4[nH]cc(c34)C[C@H]21. The van der Waals surface area contributed by atoms with E-state index in [1.165, 1.54) is 33.4 Å². The van der Waals surface area contributed by atoms with Crippen LogP contribution >= 0.6 is 11.3 Å². The van der Waals surface area contributed by atoms with Crippen LogP contribution in [0.3, 0.4) is 0 Å². The van der Waals surface area contributed by atoms with Crippen LogP contribution in [0.2, 0.25) is 0 Å². The number of benzene rings is 1. The minimum absolute atomic E-state index is 0.0201. The number of likely N-dealkylation sites (tertiary alicyclic amines) is 1. The van der Waals surface area contributed by atoms with E-state index in [1.54, 1.807) is 6.20 Å². The van der Waals surface area contributed by atoms with Crippen molar-refractivity contribution in [1.29, 1.82) is 0 Å². The van der Waals surface area contributed by atoms with Crippen LogP contribution in [0.4, 0.5) is 5.13 Å². The Balaban J connectivity index is 1.50. The first-order valence-corrected chi connectivity index (χ1v) is 10.5. The zero-order chi connectivity index (χ0) is 18.5. The molecule has 1 saturated heterocycles. The predicted molar refractivity (Wildman–Crippen MR) is 109 cm³/mol. The van der Waals surface area contributed by atoms with Gasteiger partial charge in [0.05, 0.1) is 5.92 Å². The molecule has 1 aliphatic carbocycles. The number of nitrogens with zero attached hydrogens (tertiary/aromatic N) is 2. The van der Waals surface area contributed by atoms with Crippen molar-refractivity contribution in [3.63, 3.8) is 0 Å². The van der Waals surface area contributed by atoms with Crippen molar-refractivity contribution in [2.45, 2.75) is 44.7 Å². The number of carbonyl (C=O) groups excluding carboxylic acids is 1. The fraction of sp³-hybridized carbons (Fsp3) is 0.429. The number of anilines is 1. The summed E-state index contributed by atoms with van der Waals surface area (Å²) < 4.78 is 0. The first-order valence-electron chi connectivity index (χ1n) is 9.67. The lowest BCUT2D eigenvalue weighted by Gasteiger charge is -2.48. The monoisotopic (exact) mass is 380 g/mol. The van der Waals surface area contributed by atoms with Crippen molar-refractivity contribution in [3.8, 4) is 0 Å². The van der Waals surface area contributed by atoms with Gasteiger partial charge in [0, 0.05) is 53.2 Å². The smallest absolute Gasteiger partial charge is 0.230 e. The number of nitrogens with one attached hydrogen (secondary N) is 2. The normalized spacial score (nSPS) is 24.9. The van der Waals surface area contributed by atoms with Gasteiger partial charge in [-0.25, -0.2) is 4.98 Å². The summed E-state index contributed by atoms with van der Waals surface area (Å²) in [7, 11) is 0. The summed E-state index contributed by atoms with van der Waals surface area (Å²) >= 11 is 1.47. The Morgan fingerprint density at radius 1 is 1.41 bits per heavy atom. The van der Waals surface area contributed by atoms with Crippen molar-refractivity contribution in [2.75, 3.05) is 11.9 Å². The molecular weight excluding hydrogens is 356 g/mol. The molecule has 3 heterocycles. The summed E-state index contributed by atoms with van der Waals surface area (Å²) in [6, 6.07) is 7.42. The highest BCUT2D eigenvalue weighted by molar-refractivity contribution is 7.13. The van der Waals surface area contributed by atoms with Gasteiger partial charge >= 0.3 is 0 Å². The molecule has 0 unspecified atom stereocenters. The minimum atomic E-state index is -0.0201. The maximum absolute atomic E-state index is 13.0. The van der Waals surface area contributed by atoms with Crippen LogP contribution in [0.15, 0.2) is 36.0 Å². The highest BCUT2D eigenvalue weighted by atomic mass is 32.1. The first kappa shape index (κ1) is 17.0. The van der Waals surface area contributed by atoms with Gasteiger partial charge in [-0.2, -0.15) is 0 Å². The van der Waals surface area contributed by atoms with Crippen LogP contribution in [-0.4, -0.2) is 39.4 Å². The Bertz CT molecular complexity index is 977. The highest BCUT2D eigenvalue weighted by Gasteiger charge is 2.43. The minimum Gasteiger partial charge on any atom is -0.361 e. The number of fused-ring (bicyclic) bond motifs is 2. The fourth-order valence-corrected chi connectivity index (χ4v) is 5.54. The Morgan fingerprint density at radius 3 is 3.07 bits per heavy atom. The number of rotatable bonds is 3. The second kappa shape index (κ2) is 6.46. The van der Waals surface area contributed by atoms with Gasteiger partial charge in [-0.3, -0.25) is 9.69 Å². The van der Waals surface area contributed by atoms with Crippen molar-refractivity contribution in [3.05, 3.63) is 47.1 Å². The molecule has 140 valence electrons. The van der Waals surface area contributed by atoms with Crippen molar-refractivity contribution >= 4 is 33.3 Å². The largest absolute Gasteiger partial charge is 0.361 e. The van der Waals surface area contributed by atoms with Gasteiger partial charge in [0.1, 0.15) is 0 Å². The molecule has 27 heavy (non-hydrogen) atoms. The topological polar surface area (TPSA) is 61.0 Å². The predicted octanol–water partition coefficient (Wildman–Crippen LogP) is 4.00. The van der Waals surface area contributed by atoms with Crippen molar-refractivity contribution in [1.82, 2.24) is 14.9 Å². The average Bonchev–Trinajstić information content (AvgIpc) is 3.32. The number of amides is 1. The summed E-state index contributed by atoms with van der Waals surface area (Å²) in [4.78, 5) is 23.1. The van der Waals surface area contributed by atoms with E-state index in [1.807, 2.05) is 5.38 Å². The van der Waals surface area contributed by atoms with Crippen molar-refractivity contribution < 1.29 is 4.79 Å². The number of hydrogen-bond donors (Lipinski definition) is 2. The zero-order valence-corrected chi connectivity index (χ0v) is 16.4. The molecule has 1 amide bonds. The number of thiazole rings is 1. The lowest BCUT2D eigenvalue weighted by atomic mass is 9.71. The van der Waals surface area contributed by atoms with E-state index >= 15 is 0 Å². The molecule has 3 atom stereocenters. The summed E-state index contributed by atoms with van der Waals surface area (Å²) in [5.41, 5.74) is 4.03. The van der Waals surface area contributed by atoms with E-state index < -0.39 is 0 Å².